The maximum absolute atomic E-state index is 12.8. The number of hydrogen-bond donors (Lipinski definition) is 1. The van der Waals surface area contributed by atoms with Crippen LogP contribution in [0.5, 0.6) is 0 Å². The Morgan fingerprint density at radius 2 is 1.87 bits per heavy atom. The molecule has 0 aliphatic carbocycles. The van der Waals surface area contributed by atoms with Gasteiger partial charge in [0.1, 0.15) is 5.25 Å². The number of hydrogen-bond acceptors (Lipinski definition) is 4. The summed E-state index contributed by atoms with van der Waals surface area (Å²) < 4.78 is 0. The Morgan fingerprint density at radius 1 is 1.17 bits per heavy atom. The molecule has 2 aromatic carbocycles. The van der Waals surface area contributed by atoms with Crippen molar-refractivity contribution in [2.75, 3.05) is 11.9 Å². The molecule has 3 rings (SSSR count). The number of aryl methyl sites for hydroxylation is 2. The Hall–Kier alpha value is -2.60. The molecular weight excluding hydrogens is 394 g/mol. The summed E-state index contributed by atoms with van der Waals surface area (Å²) >= 11 is 1.37. The van der Waals surface area contributed by atoms with E-state index in [9.17, 15) is 9.59 Å². The first-order valence-corrected chi connectivity index (χ1v) is 11.2. The van der Waals surface area contributed by atoms with Crippen molar-refractivity contribution in [2.24, 2.45) is 4.99 Å². The van der Waals surface area contributed by atoms with Gasteiger partial charge in [0.05, 0.1) is 5.69 Å². The smallest absolute Gasteiger partial charge is 0.242 e. The van der Waals surface area contributed by atoms with Crippen LogP contribution in [0.1, 0.15) is 49.8 Å². The van der Waals surface area contributed by atoms with Gasteiger partial charge in [-0.3, -0.25) is 14.5 Å². The first kappa shape index (κ1) is 22.1. The Labute approximate surface area is 183 Å². The van der Waals surface area contributed by atoms with E-state index in [4.69, 9.17) is 0 Å². The highest BCUT2D eigenvalue weighted by molar-refractivity contribution is 8.15. The van der Waals surface area contributed by atoms with Crippen LogP contribution in [0.15, 0.2) is 47.5 Å². The summed E-state index contributed by atoms with van der Waals surface area (Å²) in [6, 6.07) is 14.0. The minimum atomic E-state index is -0.454. The van der Waals surface area contributed by atoms with Crippen molar-refractivity contribution >= 4 is 40.1 Å². The summed E-state index contributed by atoms with van der Waals surface area (Å²) in [6.07, 6.45) is 0.124. The normalized spacial score (nSPS) is 17.8. The van der Waals surface area contributed by atoms with E-state index in [-0.39, 0.29) is 18.2 Å². The third kappa shape index (κ3) is 5.11. The van der Waals surface area contributed by atoms with E-state index in [0.29, 0.717) is 17.6 Å². The van der Waals surface area contributed by atoms with E-state index >= 15 is 0 Å². The largest absolute Gasteiger partial charge is 0.326 e. The molecule has 0 spiro atoms. The monoisotopic (exact) mass is 423 g/mol. The SMILES string of the molecule is CCN1C(=O)C(CC(=O)Nc2ccc(C)cc2C)SC1=Nc1ccc(C(C)C)cc1. The van der Waals surface area contributed by atoms with Crippen LogP contribution >= 0.6 is 11.8 Å². The zero-order valence-corrected chi connectivity index (χ0v) is 19.0. The lowest BCUT2D eigenvalue weighted by atomic mass is 10.0. The zero-order valence-electron chi connectivity index (χ0n) is 18.2. The first-order valence-electron chi connectivity index (χ1n) is 10.3. The lowest BCUT2D eigenvalue weighted by Gasteiger charge is -2.14. The predicted molar refractivity (Wildman–Crippen MR) is 126 cm³/mol. The van der Waals surface area contributed by atoms with Crippen molar-refractivity contribution < 1.29 is 9.59 Å². The van der Waals surface area contributed by atoms with Gasteiger partial charge >= 0.3 is 0 Å². The van der Waals surface area contributed by atoms with Crippen molar-refractivity contribution in [3.05, 3.63) is 59.2 Å². The van der Waals surface area contributed by atoms with E-state index in [1.54, 1.807) is 4.90 Å². The number of nitrogens with zero attached hydrogens (tertiary/aromatic N) is 2. The number of aliphatic imine (C=N–C) groups is 1. The molecule has 1 saturated heterocycles. The second-order valence-corrected chi connectivity index (χ2v) is 9.07. The highest BCUT2D eigenvalue weighted by Gasteiger charge is 2.38. The average molecular weight is 424 g/mol. The van der Waals surface area contributed by atoms with E-state index in [2.05, 4.69) is 36.3 Å². The van der Waals surface area contributed by atoms with Crippen molar-refractivity contribution in [1.29, 1.82) is 0 Å². The molecule has 1 atom stereocenters. The van der Waals surface area contributed by atoms with Gasteiger partial charge < -0.3 is 5.32 Å². The fourth-order valence-corrected chi connectivity index (χ4v) is 4.61. The number of carbonyl (C=O) groups excluding carboxylic acids is 2. The van der Waals surface area contributed by atoms with Gasteiger partial charge in [0.15, 0.2) is 5.17 Å². The van der Waals surface area contributed by atoms with E-state index in [1.807, 2.05) is 51.1 Å². The molecule has 1 heterocycles. The van der Waals surface area contributed by atoms with E-state index < -0.39 is 5.25 Å². The number of carbonyl (C=O) groups is 2. The zero-order chi connectivity index (χ0) is 21.8. The number of amides is 2. The molecule has 5 nitrogen and oxygen atoms in total. The molecule has 2 amide bonds. The van der Waals surface area contributed by atoms with Gasteiger partial charge in [0.25, 0.3) is 0 Å². The van der Waals surface area contributed by atoms with Crippen LogP contribution in [0.2, 0.25) is 0 Å². The molecule has 0 radical (unpaired) electrons. The van der Waals surface area contributed by atoms with Gasteiger partial charge in [-0.2, -0.15) is 0 Å². The van der Waals surface area contributed by atoms with E-state index in [0.717, 1.165) is 22.5 Å². The summed E-state index contributed by atoms with van der Waals surface area (Å²) in [7, 11) is 0. The molecule has 6 heteroatoms. The Bertz CT molecular complexity index is 967. The molecule has 30 heavy (non-hydrogen) atoms. The minimum absolute atomic E-state index is 0.0594. The van der Waals surface area contributed by atoms with Crippen molar-refractivity contribution in [3.8, 4) is 0 Å². The average Bonchev–Trinajstić information content (AvgIpc) is 2.98. The van der Waals surface area contributed by atoms with Gasteiger partial charge in [-0.25, -0.2) is 4.99 Å². The second kappa shape index (κ2) is 9.47. The molecule has 1 aliphatic rings. The number of thioether (sulfide) groups is 1. The van der Waals surface area contributed by atoms with Crippen LogP contribution in [0.25, 0.3) is 0 Å². The van der Waals surface area contributed by atoms with Crippen LogP contribution in [-0.2, 0) is 9.59 Å². The van der Waals surface area contributed by atoms with Gasteiger partial charge in [-0.05, 0) is 56.0 Å². The van der Waals surface area contributed by atoms with Gasteiger partial charge in [-0.1, -0.05) is 55.4 Å². The Balaban J connectivity index is 1.71. The molecule has 0 saturated carbocycles. The maximum Gasteiger partial charge on any atom is 0.242 e. The van der Waals surface area contributed by atoms with Crippen LogP contribution in [0, 0.1) is 13.8 Å². The maximum atomic E-state index is 12.8. The Morgan fingerprint density at radius 3 is 2.47 bits per heavy atom. The van der Waals surface area contributed by atoms with Gasteiger partial charge in [0, 0.05) is 18.7 Å². The lowest BCUT2D eigenvalue weighted by molar-refractivity contribution is -0.128. The van der Waals surface area contributed by atoms with E-state index in [1.165, 1.54) is 17.3 Å². The lowest BCUT2D eigenvalue weighted by Crippen LogP contribution is -2.33. The number of nitrogens with one attached hydrogen (secondary N) is 1. The van der Waals surface area contributed by atoms with Gasteiger partial charge in [-0.15, -0.1) is 0 Å². The van der Waals surface area contributed by atoms with Gasteiger partial charge in [0.2, 0.25) is 11.8 Å². The summed E-state index contributed by atoms with van der Waals surface area (Å²) in [4.78, 5) is 31.7. The molecule has 1 N–H and O–H groups in total. The van der Waals surface area contributed by atoms with Crippen LogP contribution in [0.4, 0.5) is 11.4 Å². The second-order valence-electron chi connectivity index (χ2n) is 7.90. The topological polar surface area (TPSA) is 61.8 Å². The van der Waals surface area contributed by atoms with Crippen LogP contribution < -0.4 is 5.32 Å². The van der Waals surface area contributed by atoms with Crippen molar-refractivity contribution in [1.82, 2.24) is 4.90 Å². The molecule has 1 aliphatic heterocycles. The third-order valence-corrected chi connectivity index (χ3v) is 6.32. The molecule has 1 fully saturated rings. The quantitative estimate of drug-likeness (QED) is 0.676. The number of rotatable bonds is 6. The van der Waals surface area contributed by atoms with Crippen LogP contribution in [0.3, 0.4) is 0 Å². The third-order valence-electron chi connectivity index (χ3n) is 5.15. The fourth-order valence-electron chi connectivity index (χ4n) is 3.38. The van der Waals surface area contributed by atoms with Crippen molar-refractivity contribution in [2.45, 2.75) is 52.2 Å². The number of anilines is 1. The predicted octanol–water partition coefficient (Wildman–Crippen LogP) is 5.41. The van der Waals surface area contributed by atoms with Crippen molar-refractivity contribution in [3.63, 3.8) is 0 Å². The highest BCUT2D eigenvalue weighted by atomic mass is 32.2. The summed E-state index contributed by atoms with van der Waals surface area (Å²) in [6.45, 7) is 10.7. The molecule has 0 aromatic heterocycles. The number of amidine groups is 1. The first-order chi connectivity index (χ1) is 14.3. The number of benzene rings is 2. The summed E-state index contributed by atoms with van der Waals surface area (Å²) in [5.41, 5.74) is 5.01. The minimum Gasteiger partial charge on any atom is -0.326 e. The molecular formula is C24H29N3O2S. The molecule has 0 bridgehead atoms. The fraction of sp³-hybridized carbons (Fsp3) is 0.375. The summed E-state index contributed by atoms with van der Waals surface area (Å²) in [5.74, 6) is 0.239. The van der Waals surface area contributed by atoms with Crippen LogP contribution in [-0.4, -0.2) is 33.7 Å². The standard InChI is InChI=1S/C24H29N3O2S/c1-6-27-23(29)21(14-22(28)26-20-12-7-16(4)13-17(20)5)30-24(27)25-19-10-8-18(9-11-19)15(2)3/h7-13,15,21H,6,14H2,1-5H3,(H,26,28). The Kier molecular flexibility index (Phi) is 6.98. The molecule has 158 valence electrons. The molecule has 1 unspecified atom stereocenters. The summed E-state index contributed by atoms with van der Waals surface area (Å²) in [5, 5.41) is 3.14. The highest BCUT2D eigenvalue weighted by Crippen LogP contribution is 2.32. The molecule has 2 aromatic rings.